The van der Waals surface area contributed by atoms with Crippen LogP contribution in [0.25, 0.3) is 0 Å². The summed E-state index contributed by atoms with van der Waals surface area (Å²) < 4.78 is 24.6. The lowest BCUT2D eigenvalue weighted by molar-refractivity contribution is -0.148. The van der Waals surface area contributed by atoms with Gasteiger partial charge in [0.15, 0.2) is 16.4 Å². The molecule has 0 amide bonds. The Balaban J connectivity index is 1.24. The van der Waals surface area contributed by atoms with Crippen molar-refractivity contribution in [2.45, 2.75) is 117 Å². The molecule has 8 aliphatic carbocycles. The summed E-state index contributed by atoms with van der Waals surface area (Å²) >= 11 is 0. The van der Waals surface area contributed by atoms with Gasteiger partial charge in [-0.1, -0.05) is 56.3 Å². The maximum absolute atomic E-state index is 12.1. The van der Waals surface area contributed by atoms with Crippen LogP contribution in [0.2, 0.25) is 0 Å². The summed E-state index contributed by atoms with van der Waals surface area (Å²) in [5, 5.41) is 0. The predicted molar refractivity (Wildman–Crippen MR) is 205 cm³/mol. The average molecular weight is 736 g/mol. The summed E-state index contributed by atoms with van der Waals surface area (Å²) in [6, 6.07) is 24.3. The normalized spacial score (nSPS) is 35.2. The van der Waals surface area contributed by atoms with E-state index in [0.29, 0.717) is 11.8 Å². The first-order valence-electron chi connectivity index (χ1n) is 20.2. The van der Waals surface area contributed by atoms with Gasteiger partial charge in [0.2, 0.25) is 23.4 Å². The Hall–Kier alpha value is -3.45. The minimum absolute atomic E-state index is 0.0210. The fraction of sp³-hybridized carbons (Fsp3) is 0.565. The molecule has 280 valence electrons. The number of para-hydroxylation sites is 2. The van der Waals surface area contributed by atoms with Gasteiger partial charge in [-0.3, -0.25) is 9.59 Å². The van der Waals surface area contributed by atoms with Crippen LogP contribution in [-0.2, 0) is 40.8 Å². The molecule has 0 saturated heterocycles. The molecule has 8 bridgehead atoms. The summed E-state index contributed by atoms with van der Waals surface area (Å²) in [7, 11) is -0.666. The van der Waals surface area contributed by atoms with Crippen LogP contribution in [-0.4, -0.2) is 25.5 Å². The highest BCUT2D eigenvalue weighted by Gasteiger charge is 2.59. The molecule has 3 aromatic rings. The second-order valence-corrected chi connectivity index (χ2v) is 19.7. The molecule has 3 aromatic carbocycles. The van der Waals surface area contributed by atoms with Gasteiger partial charge in [-0.05, 0) is 136 Å². The van der Waals surface area contributed by atoms with Crippen LogP contribution in [0, 0.1) is 47.3 Å². The molecule has 53 heavy (non-hydrogen) atoms. The van der Waals surface area contributed by atoms with Crippen molar-refractivity contribution < 1.29 is 28.5 Å². The summed E-state index contributed by atoms with van der Waals surface area (Å²) in [5.74, 6) is 6.57. The molecule has 8 aliphatic rings. The van der Waals surface area contributed by atoms with Gasteiger partial charge in [0.25, 0.3) is 0 Å². The lowest BCUT2D eigenvalue weighted by Gasteiger charge is -2.61. The van der Waals surface area contributed by atoms with Gasteiger partial charge in [-0.15, -0.1) is 0 Å². The van der Waals surface area contributed by atoms with Crippen molar-refractivity contribution in [2.24, 2.45) is 47.3 Å². The van der Waals surface area contributed by atoms with E-state index in [9.17, 15) is 9.59 Å². The summed E-state index contributed by atoms with van der Waals surface area (Å²) in [5.41, 5.74) is 2.59. The fourth-order valence-electron chi connectivity index (χ4n) is 13.2. The maximum atomic E-state index is 12.1. The fourth-order valence-corrected chi connectivity index (χ4v) is 15.5. The largest absolute Gasteiger partial charge is 0.452 e. The number of ether oxygens (including phenoxy) is 4. The molecule has 0 aromatic heterocycles. The topological polar surface area (TPSA) is 71.1 Å². The van der Waals surface area contributed by atoms with Crippen LogP contribution in [0.1, 0.15) is 103 Å². The highest BCUT2D eigenvalue weighted by Crippen LogP contribution is 2.67. The van der Waals surface area contributed by atoms with E-state index in [1.165, 1.54) is 89.2 Å². The quantitative estimate of drug-likeness (QED) is 0.111. The standard InChI is InChI=1S/C46H55O6S/c1-28-36-18-32-16-33(19-36)23-45(28,22-32)39-12-8-14-41(43(39)51-26-49-30(3)47)53(38-10-6-5-7-11-38)42-15-9-13-40(44(42)52-27-50-31(4)48)46-24-34-17-35(25-46)21-37(20-34)29(46)2/h5-15,28-29,32-37H,16-27H2,1-4H3/q+1. The summed E-state index contributed by atoms with van der Waals surface area (Å²) in [6.45, 7) is 7.59. The van der Waals surface area contributed by atoms with Crippen molar-refractivity contribution in [3.05, 3.63) is 77.9 Å². The molecule has 6 nitrogen and oxygen atoms in total. The average Bonchev–Trinajstić information content (AvgIpc) is 3.13. The number of rotatable bonds is 11. The first-order chi connectivity index (χ1) is 25.6. The molecular weight excluding hydrogens is 681 g/mol. The Bertz CT molecular complexity index is 1730. The minimum atomic E-state index is -0.666. The summed E-state index contributed by atoms with van der Waals surface area (Å²) in [4.78, 5) is 27.6. The van der Waals surface area contributed by atoms with Crippen LogP contribution >= 0.6 is 0 Å². The number of hydrogen-bond donors (Lipinski definition) is 0. The molecule has 8 fully saturated rings. The summed E-state index contributed by atoms with van der Waals surface area (Å²) in [6.07, 6.45) is 12.8. The van der Waals surface area contributed by atoms with Crippen LogP contribution in [0.4, 0.5) is 0 Å². The second kappa shape index (κ2) is 13.7. The SMILES string of the molecule is CC(=O)OCOc1c([S+](c2ccccc2)c2cccc(C34CC5CC(CC(C5)C3C)C4)c2OCOC(C)=O)cccc1C12CC3CC(CC(C3)C1C)C2. The van der Waals surface area contributed by atoms with Gasteiger partial charge in [-0.2, -0.15) is 0 Å². The van der Waals surface area contributed by atoms with Crippen molar-refractivity contribution in [3.8, 4) is 11.5 Å². The van der Waals surface area contributed by atoms with Crippen molar-refractivity contribution in [2.75, 3.05) is 13.6 Å². The minimum Gasteiger partial charge on any atom is -0.452 e. The molecule has 6 unspecified atom stereocenters. The maximum Gasteiger partial charge on any atom is 0.305 e. The van der Waals surface area contributed by atoms with E-state index < -0.39 is 10.9 Å². The van der Waals surface area contributed by atoms with Crippen LogP contribution in [0.15, 0.2) is 81.4 Å². The number of esters is 2. The van der Waals surface area contributed by atoms with Crippen molar-refractivity contribution in [1.29, 1.82) is 0 Å². The Kier molecular flexibility index (Phi) is 9.11. The highest BCUT2D eigenvalue weighted by molar-refractivity contribution is 7.97. The predicted octanol–water partition coefficient (Wildman–Crippen LogP) is 10.0. The molecule has 11 rings (SSSR count). The third-order valence-corrected chi connectivity index (χ3v) is 17.3. The third-order valence-electron chi connectivity index (χ3n) is 15.0. The molecule has 8 saturated carbocycles. The van der Waals surface area contributed by atoms with Gasteiger partial charge < -0.3 is 18.9 Å². The number of benzene rings is 3. The molecule has 0 aliphatic heterocycles. The van der Waals surface area contributed by atoms with Crippen LogP contribution in [0.3, 0.4) is 0 Å². The monoisotopic (exact) mass is 735 g/mol. The van der Waals surface area contributed by atoms with Gasteiger partial charge in [-0.25, -0.2) is 0 Å². The van der Waals surface area contributed by atoms with E-state index in [1.807, 2.05) is 0 Å². The Morgan fingerprint density at radius 2 is 1.00 bits per heavy atom. The number of carbonyl (C=O) groups excluding carboxylic acids is 2. The van der Waals surface area contributed by atoms with E-state index in [-0.39, 0.29) is 36.4 Å². The Morgan fingerprint density at radius 3 is 1.40 bits per heavy atom. The van der Waals surface area contributed by atoms with Gasteiger partial charge in [0, 0.05) is 35.8 Å². The van der Waals surface area contributed by atoms with E-state index >= 15 is 0 Å². The molecular formula is C46H55O6S+. The van der Waals surface area contributed by atoms with Crippen LogP contribution < -0.4 is 9.47 Å². The van der Waals surface area contributed by atoms with Gasteiger partial charge >= 0.3 is 11.9 Å². The first-order valence-corrected chi connectivity index (χ1v) is 21.5. The molecule has 0 N–H and O–H groups in total. The van der Waals surface area contributed by atoms with Crippen molar-refractivity contribution in [3.63, 3.8) is 0 Å². The Labute approximate surface area is 318 Å². The van der Waals surface area contributed by atoms with E-state index in [0.717, 1.165) is 61.7 Å². The van der Waals surface area contributed by atoms with Crippen molar-refractivity contribution in [1.82, 2.24) is 0 Å². The molecule has 0 spiro atoms. The van der Waals surface area contributed by atoms with E-state index in [4.69, 9.17) is 18.9 Å². The van der Waals surface area contributed by atoms with Gasteiger partial charge in [0.1, 0.15) is 10.9 Å². The molecule has 0 radical (unpaired) electrons. The van der Waals surface area contributed by atoms with Crippen LogP contribution in [0.5, 0.6) is 11.5 Å². The second-order valence-electron chi connectivity index (χ2n) is 17.8. The lowest BCUT2D eigenvalue weighted by Crippen LogP contribution is -2.54. The molecule has 6 atom stereocenters. The number of hydrogen-bond acceptors (Lipinski definition) is 6. The zero-order chi connectivity index (χ0) is 36.5. The van der Waals surface area contributed by atoms with Gasteiger partial charge in [0.05, 0.1) is 0 Å². The highest BCUT2D eigenvalue weighted by atomic mass is 32.2. The Morgan fingerprint density at radius 1 is 0.585 bits per heavy atom. The smallest absolute Gasteiger partial charge is 0.305 e. The molecule has 0 heterocycles. The third kappa shape index (κ3) is 5.99. The zero-order valence-corrected chi connectivity index (χ0v) is 32.6. The first kappa shape index (κ1) is 35.3. The zero-order valence-electron chi connectivity index (χ0n) is 31.8. The molecule has 7 heteroatoms. The van der Waals surface area contributed by atoms with E-state index in [1.54, 1.807) is 0 Å². The van der Waals surface area contributed by atoms with E-state index in [2.05, 4.69) is 80.6 Å². The van der Waals surface area contributed by atoms with Crippen molar-refractivity contribution >= 4 is 22.8 Å². The number of carbonyl (C=O) groups is 2. The lowest BCUT2D eigenvalue weighted by atomic mass is 9.44.